The van der Waals surface area contributed by atoms with Crippen LogP contribution in [0.2, 0.25) is 10.0 Å². The van der Waals surface area contributed by atoms with Crippen LogP contribution in [0, 0.1) is 0 Å². The van der Waals surface area contributed by atoms with Crippen LogP contribution in [0.3, 0.4) is 0 Å². The van der Waals surface area contributed by atoms with Crippen LogP contribution in [0.4, 0.5) is 0 Å². The second-order valence-electron chi connectivity index (χ2n) is 4.76. The van der Waals surface area contributed by atoms with E-state index < -0.39 is 5.97 Å². The molecule has 0 aliphatic heterocycles. The largest absolute Gasteiger partial charge is 0.423 e. The molecule has 0 bridgehead atoms. The van der Waals surface area contributed by atoms with E-state index in [1.807, 2.05) is 12.1 Å². The van der Waals surface area contributed by atoms with E-state index >= 15 is 0 Å². The van der Waals surface area contributed by atoms with Crippen LogP contribution in [-0.4, -0.2) is 5.97 Å². The molecule has 0 heterocycles. The van der Waals surface area contributed by atoms with Gasteiger partial charge in [-0.05, 0) is 48.7 Å². The predicted molar refractivity (Wildman–Crippen MR) is 86.5 cm³/mol. The molecule has 2 aromatic rings. The predicted octanol–water partition coefficient (Wildman–Crippen LogP) is 5.56. The van der Waals surface area contributed by atoms with Gasteiger partial charge in [-0.1, -0.05) is 48.7 Å². The van der Waals surface area contributed by atoms with Gasteiger partial charge in [-0.25, -0.2) is 4.79 Å². The smallest absolute Gasteiger partial charge is 0.345 e. The average Bonchev–Trinajstić information content (AvgIpc) is 2.46. The lowest BCUT2D eigenvalue weighted by Crippen LogP contribution is -2.09. The van der Waals surface area contributed by atoms with Crippen LogP contribution in [-0.2, 0) is 6.42 Å². The fraction of sp³-hybridized carbons (Fsp3) is 0.235. The van der Waals surface area contributed by atoms with Crippen LogP contribution < -0.4 is 4.74 Å². The molecule has 0 aliphatic rings. The van der Waals surface area contributed by atoms with Gasteiger partial charge in [0.05, 0.1) is 10.6 Å². The van der Waals surface area contributed by atoms with Gasteiger partial charge < -0.3 is 4.74 Å². The lowest BCUT2D eigenvalue weighted by molar-refractivity contribution is 0.0735. The molecule has 0 unspecified atom stereocenters. The molecule has 0 radical (unpaired) electrons. The summed E-state index contributed by atoms with van der Waals surface area (Å²) in [6.45, 7) is 2.16. The minimum Gasteiger partial charge on any atom is -0.423 e. The first-order chi connectivity index (χ1) is 10.1. The summed E-state index contributed by atoms with van der Waals surface area (Å²) in [7, 11) is 0. The number of benzene rings is 2. The molecule has 0 aliphatic carbocycles. The van der Waals surface area contributed by atoms with Gasteiger partial charge in [0.1, 0.15) is 5.75 Å². The molecule has 110 valence electrons. The lowest BCUT2D eigenvalue weighted by atomic mass is 10.1. The first-order valence-electron chi connectivity index (χ1n) is 6.86. The number of rotatable bonds is 5. The normalized spacial score (nSPS) is 10.4. The maximum absolute atomic E-state index is 12.1. The van der Waals surface area contributed by atoms with E-state index in [2.05, 4.69) is 6.92 Å². The zero-order valence-corrected chi connectivity index (χ0v) is 13.2. The Balaban J connectivity index is 2.05. The third-order valence-electron chi connectivity index (χ3n) is 3.10. The van der Waals surface area contributed by atoms with E-state index in [9.17, 15) is 4.79 Å². The van der Waals surface area contributed by atoms with Crippen molar-refractivity contribution in [3.8, 4) is 5.75 Å². The molecule has 0 atom stereocenters. The highest BCUT2D eigenvalue weighted by atomic mass is 35.5. The Labute approximate surface area is 134 Å². The highest BCUT2D eigenvalue weighted by Crippen LogP contribution is 2.23. The number of halogens is 2. The first-order valence-corrected chi connectivity index (χ1v) is 7.62. The summed E-state index contributed by atoms with van der Waals surface area (Å²) in [6.07, 6.45) is 3.35. The van der Waals surface area contributed by atoms with E-state index in [-0.39, 0.29) is 5.02 Å². The Bertz CT molecular complexity index is 621. The Morgan fingerprint density at radius 1 is 1.10 bits per heavy atom. The maximum atomic E-state index is 12.1. The van der Waals surface area contributed by atoms with Crippen molar-refractivity contribution >= 4 is 29.2 Å². The molecule has 0 amide bonds. The number of hydrogen-bond donors (Lipinski definition) is 0. The van der Waals surface area contributed by atoms with E-state index in [1.165, 1.54) is 11.6 Å². The molecule has 4 heteroatoms. The number of unbranched alkanes of at least 4 members (excludes halogenated alkanes) is 1. The molecule has 0 saturated carbocycles. The first kappa shape index (κ1) is 15.9. The Morgan fingerprint density at radius 3 is 2.43 bits per heavy atom. The summed E-state index contributed by atoms with van der Waals surface area (Å²) in [5, 5.41) is 0.767. The number of aryl methyl sites for hydroxylation is 1. The standard InChI is InChI=1S/C17H16Cl2O2/c1-2-3-4-12-5-8-14(9-6-12)21-17(20)15-10-7-13(18)11-16(15)19/h5-11H,2-4H2,1H3. The Hall–Kier alpha value is -1.51. The molecule has 0 saturated heterocycles. The summed E-state index contributed by atoms with van der Waals surface area (Å²) < 4.78 is 5.31. The van der Waals surface area contributed by atoms with E-state index in [1.54, 1.807) is 24.3 Å². The van der Waals surface area contributed by atoms with Gasteiger partial charge in [0.15, 0.2) is 0 Å². The minimum atomic E-state index is -0.488. The van der Waals surface area contributed by atoms with Crippen molar-refractivity contribution in [1.82, 2.24) is 0 Å². The molecule has 2 rings (SSSR count). The molecule has 0 spiro atoms. The molecular formula is C17H16Cl2O2. The van der Waals surface area contributed by atoms with Crippen molar-refractivity contribution in [2.24, 2.45) is 0 Å². The third kappa shape index (κ3) is 4.48. The van der Waals surface area contributed by atoms with Gasteiger partial charge in [0, 0.05) is 5.02 Å². The minimum absolute atomic E-state index is 0.284. The number of carbonyl (C=O) groups is 1. The quantitative estimate of drug-likeness (QED) is 0.532. The lowest BCUT2D eigenvalue weighted by Gasteiger charge is -2.07. The molecule has 21 heavy (non-hydrogen) atoms. The summed E-state index contributed by atoms with van der Waals surface area (Å²) in [5.74, 6) is 0.0178. The summed E-state index contributed by atoms with van der Waals surface area (Å²) in [4.78, 5) is 12.1. The topological polar surface area (TPSA) is 26.3 Å². The summed E-state index contributed by atoms with van der Waals surface area (Å²) in [6, 6.07) is 12.2. The van der Waals surface area contributed by atoms with Crippen molar-refractivity contribution in [1.29, 1.82) is 0 Å². The molecular weight excluding hydrogens is 307 g/mol. The number of carbonyl (C=O) groups excluding carboxylic acids is 1. The van der Waals surface area contributed by atoms with Gasteiger partial charge in [-0.2, -0.15) is 0 Å². The molecule has 0 N–H and O–H groups in total. The zero-order valence-electron chi connectivity index (χ0n) is 11.7. The zero-order chi connectivity index (χ0) is 15.2. The number of esters is 1. The van der Waals surface area contributed by atoms with Crippen LogP contribution in [0.1, 0.15) is 35.7 Å². The van der Waals surface area contributed by atoms with Gasteiger partial charge >= 0.3 is 5.97 Å². The van der Waals surface area contributed by atoms with Gasteiger partial charge in [-0.15, -0.1) is 0 Å². The van der Waals surface area contributed by atoms with Crippen LogP contribution in [0.5, 0.6) is 5.75 Å². The Kier molecular flexibility index (Phi) is 5.66. The van der Waals surface area contributed by atoms with Crippen LogP contribution >= 0.6 is 23.2 Å². The number of hydrogen-bond acceptors (Lipinski definition) is 2. The van der Waals surface area contributed by atoms with E-state index in [0.29, 0.717) is 16.3 Å². The molecule has 2 aromatic carbocycles. The highest BCUT2D eigenvalue weighted by Gasteiger charge is 2.13. The highest BCUT2D eigenvalue weighted by molar-refractivity contribution is 6.36. The number of ether oxygens (including phenoxy) is 1. The maximum Gasteiger partial charge on any atom is 0.345 e. The van der Waals surface area contributed by atoms with E-state index in [0.717, 1.165) is 19.3 Å². The van der Waals surface area contributed by atoms with Gasteiger partial charge in [-0.3, -0.25) is 0 Å². The molecule has 0 aromatic heterocycles. The van der Waals surface area contributed by atoms with Gasteiger partial charge in [0.2, 0.25) is 0 Å². The molecule has 0 fully saturated rings. The molecule has 2 nitrogen and oxygen atoms in total. The monoisotopic (exact) mass is 322 g/mol. The van der Waals surface area contributed by atoms with Crippen molar-refractivity contribution in [2.45, 2.75) is 26.2 Å². The Morgan fingerprint density at radius 2 is 1.81 bits per heavy atom. The fourth-order valence-corrected chi connectivity index (χ4v) is 2.41. The summed E-state index contributed by atoms with van der Waals surface area (Å²) >= 11 is 11.8. The van der Waals surface area contributed by atoms with Crippen LogP contribution in [0.25, 0.3) is 0 Å². The van der Waals surface area contributed by atoms with Crippen LogP contribution in [0.15, 0.2) is 42.5 Å². The van der Waals surface area contributed by atoms with Crippen molar-refractivity contribution in [3.05, 3.63) is 63.6 Å². The fourth-order valence-electron chi connectivity index (χ4n) is 1.92. The van der Waals surface area contributed by atoms with Crippen molar-refractivity contribution < 1.29 is 9.53 Å². The van der Waals surface area contributed by atoms with Gasteiger partial charge in [0.25, 0.3) is 0 Å². The SMILES string of the molecule is CCCCc1ccc(OC(=O)c2ccc(Cl)cc2Cl)cc1. The second-order valence-corrected chi connectivity index (χ2v) is 5.60. The second kappa shape index (κ2) is 7.48. The summed E-state index contributed by atoms with van der Waals surface area (Å²) in [5.41, 5.74) is 1.54. The third-order valence-corrected chi connectivity index (χ3v) is 3.65. The van der Waals surface area contributed by atoms with E-state index in [4.69, 9.17) is 27.9 Å². The van der Waals surface area contributed by atoms with Crippen molar-refractivity contribution in [2.75, 3.05) is 0 Å². The van der Waals surface area contributed by atoms with Crippen molar-refractivity contribution in [3.63, 3.8) is 0 Å². The average molecular weight is 323 g/mol.